The number of hydrogen-bond acceptors (Lipinski definition) is 3. The number of ether oxygens (including phenoxy) is 1. The molecule has 1 aromatic rings. The van der Waals surface area contributed by atoms with Crippen LogP contribution >= 0.6 is 34.5 Å². The Morgan fingerprint density at radius 1 is 1.50 bits per heavy atom. The Balaban J connectivity index is 2.19. The topological polar surface area (TPSA) is 21.3 Å². The summed E-state index contributed by atoms with van der Waals surface area (Å²) >= 11 is 13.5. The van der Waals surface area contributed by atoms with Crippen LogP contribution in [0.15, 0.2) is 6.07 Å². The van der Waals surface area contributed by atoms with Crippen molar-refractivity contribution in [3.8, 4) is 0 Å². The molecule has 90 valence electrons. The minimum Gasteiger partial charge on any atom is -0.373 e. The molecule has 0 bridgehead atoms. The first kappa shape index (κ1) is 12.7. The van der Waals surface area contributed by atoms with Gasteiger partial charge in [-0.1, -0.05) is 23.2 Å². The molecular formula is C11H15Cl2NOS. The van der Waals surface area contributed by atoms with Crippen LogP contribution in [-0.4, -0.2) is 19.3 Å². The lowest BCUT2D eigenvalue weighted by atomic mass is 10.0. The summed E-state index contributed by atoms with van der Waals surface area (Å²) in [5.41, 5.74) is 1.05. The molecule has 1 saturated heterocycles. The number of nitrogens with one attached hydrogen (secondary N) is 1. The van der Waals surface area contributed by atoms with E-state index in [-0.39, 0.29) is 12.1 Å². The van der Waals surface area contributed by atoms with E-state index in [9.17, 15) is 0 Å². The molecule has 1 N–H and O–H groups in total. The maximum absolute atomic E-state index is 6.17. The maximum Gasteiger partial charge on any atom is 0.0992 e. The number of hydrogen-bond donors (Lipinski definition) is 1. The summed E-state index contributed by atoms with van der Waals surface area (Å²) in [5.74, 6) is 0. The first-order valence-corrected chi connectivity index (χ1v) is 6.96. The number of likely N-dealkylation sites (N-methyl/N-ethyl adjacent to an activating group) is 1. The lowest BCUT2D eigenvalue weighted by Gasteiger charge is -2.22. The van der Waals surface area contributed by atoms with Crippen molar-refractivity contribution in [2.45, 2.75) is 38.0 Å². The molecule has 0 amide bonds. The van der Waals surface area contributed by atoms with Crippen LogP contribution in [0.25, 0.3) is 0 Å². The van der Waals surface area contributed by atoms with Crippen LogP contribution < -0.4 is 5.32 Å². The summed E-state index contributed by atoms with van der Waals surface area (Å²) in [6.07, 6.45) is 2.71. The lowest BCUT2D eigenvalue weighted by Crippen LogP contribution is -2.29. The van der Waals surface area contributed by atoms with Gasteiger partial charge in [-0.25, -0.2) is 0 Å². The van der Waals surface area contributed by atoms with Gasteiger partial charge in [0.25, 0.3) is 0 Å². The highest BCUT2D eigenvalue weighted by Gasteiger charge is 2.31. The Morgan fingerprint density at radius 2 is 2.25 bits per heavy atom. The van der Waals surface area contributed by atoms with E-state index in [4.69, 9.17) is 27.9 Å². The van der Waals surface area contributed by atoms with E-state index in [1.807, 2.05) is 13.1 Å². The Hall–Kier alpha value is 0.200. The third kappa shape index (κ3) is 2.54. The highest BCUT2D eigenvalue weighted by Crippen LogP contribution is 2.39. The van der Waals surface area contributed by atoms with Crippen LogP contribution in [0.5, 0.6) is 0 Å². The van der Waals surface area contributed by atoms with E-state index < -0.39 is 0 Å². The quantitative estimate of drug-likeness (QED) is 0.907. The van der Waals surface area contributed by atoms with Gasteiger partial charge < -0.3 is 10.1 Å². The van der Waals surface area contributed by atoms with Crippen LogP contribution in [0.3, 0.4) is 0 Å². The number of thiophene rings is 1. The molecule has 1 aromatic heterocycles. The molecule has 1 aliphatic rings. The molecule has 5 heteroatoms. The zero-order chi connectivity index (χ0) is 11.7. The van der Waals surface area contributed by atoms with Gasteiger partial charge in [0.2, 0.25) is 0 Å². The Labute approximate surface area is 110 Å². The molecule has 2 heterocycles. The van der Waals surface area contributed by atoms with Crippen molar-refractivity contribution in [3.63, 3.8) is 0 Å². The van der Waals surface area contributed by atoms with Crippen molar-refractivity contribution in [3.05, 3.63) is 20.3 Å². The van der Waals surface area contributed by atoms with Crippen LogP contribution in [0.2, 0.25) is 8.67 Å². The molecule has 0 aliphatic carbocycles. The van der Waals surface area contributed by atoms with E-state index >= 15 is 0 Å². The van der Waals surface area contributed by atoms with E-state index in [0.29, 0.717) is 6.10 Å². The van der Waals surface area contributed by atoms with Gasteiger partial charge in [-0.15, -0.1) is 11.3 Å². The van der Waals surface area contributed by atoms with Gasteiger partial charge in [0.15, 0.2) is 0 Å². The van der Waals surface area contributed by atoms with Gasteiger partial charge in [-0.3, -0.25) is 0 Å². The minimum absolute atomic E-state index is 0.140. The van der Waals surface area contributed by atoms with Gasteiger partial charge in [0, 0.05) is 5.56 Å². The van der Waals surface area contributed by atoms with Gasteiger partial charge in [-0.05, 0) is 32.9 Å². The smallest absolute Gasteiger partial charge is 0.0992 e. The van der Waals surface area contributed by atoms with Crippen LogP contribution in [0, 0.1) is 0 Å². The zero-order valence-electron chi connectivity index (χ0n) is 9.30. The summed E-state index contributed by atoms with van der Waals surface area (Å²) in [5, 5.41) is 3.27. The molecule has 0 saturated carbocycles. The molecule has 3 unspecified atom stereocenters. The first-order chi connectivity index (χ1) is 7.61. The second-order valence-electron chi connectivity index (χ2n) is 4.11. The minimum atomic E-state index is 0.140. The number of halogens is 2. The summed E-state index contributed by atoms with van der Waals surface area (Å²) in [6.45, 7) is 2.11. The highest BCUT2D eigenvalue weighted by atomic mass is 35.5. The average Bonchev–Trinajstić information content (AvgIpc) is 2.76. The second-order valence-corrected chi connectivity index (χ2v) is 6.39. The van der Waals surface area contributed by atoms with Crippen LogP contribution in [0.4, 0.5) is 0 Å². The van der Waals surface area contributed by atoms with Crippen molar-refractivity contribution >= 4 is 34.5 Å². The fourth-order valence-electron chi connectivity index (χ4n) is 2.19. The first-order valence-electron chi connectivity index (χ1n) is 5.39. The summed E-state index contributed by atoms with van der Waals surface area (Å²) in [4.78, 5) is 0. The normalized spacial score (nSPS) is 27.2. The standard InChI is InChI=1S/C11H15Cl2NOS/c1-6-3-4-8(15-6)10(14-2)7-5-9(12)16-11(7)13/h5-6,8,10,14H,3-4H2,1-2H3. The van der Waals surface area contributed by atoms with Gasteiger partial charge in [0.1, 0.15) is 0 Å². The predicted molar refractivity (Wildman–Crippen MR) is 69.7 cm³/mol. The Bertz CT molecular complexity index is 369. The molecule has 0 radical (unpaired) electrons. The molecule has 0 aromatic carbocycles. The molecule has 2 rings (SSSR count). The fourth-order valence-corrected chi connectivity index (χ4v) is 3.74. The molecule has 1 aliphatic heterocycles. The molecule has 2 nitrogen and oxygen atoms in total. The van der Waals surface area contributed by atoms with Gasteiger partial charge in [-0.2, -0.15) is 0 Å². The van der Waals surface area contributed by atoms with Gasteiger partial charge >= 0.3 is 0 Å². The highest BCUT2D eigenvalue weighted by molar-refractivity contribution is 7.20. The third-order valence-electron chi connectivity index (χ3n) is 2.97. The maximum atomic E-state index is 6.17. The van der Waals surface area contributed by atoms with Crippen molar-refractivity contribution in [1.29, 1.82) is 0 Å². The summed E-state index contributed by atoms with van der Waals surface area (Å²) < 4.78 is 7.36. The van der Waals surface area contributed by atoms with Crippen LogP contribution in [0.1, 0.15) is 31.4 Å². The van der Waals surface area contributed by atoms with E-state index in [2.05, 4.69) is 12.2 Å². The Kier molecular flexibility index (Phi) is 4.14. The van der Waals surface area contributed by atoms with Crippen LogP contribution in [-0.2, 0) is 4.74 Å². The largest absolute Gasteiger partial charge is 0.373 e. The zero-order valence-corrected chi connectivity index (χ0v) is 11.6. The molecule has 16 heavy (non-hydrogen) atoms. The predicted octanol–water partition coefficient (Wildman–Crippen LogP) is 3.88. The monoisotopic (exact) mass is 279 g/mol. The summed E-state index contributed by atoms with van der Waals surface area (Å²) in [7, 11) is 1.93. The van der Waals surface area contributed by atoms with Gasteiger partial charge in [0.05, 0.1) is 26.9 Å². The molecule has 1 fully saturated rings. The Morgan fingerprint density at radius 3 is 2.69 bits per heavy atom. The molecule has 3 atom stereocenters. The van der Waals surface area contributed by atoms with Crippen molar-refractivity contribution in [2.75, 3.05) is 7.05 Å². The third-order valence-corrected chi connectivity index (χ3v) is 4.48. The van der Waals surface area contributed by atoms with E-state index in [0.717, 1.165) is 27.1 Å². The second kappa shape index (κ2) is 5.23. The number of rotatable bonds is 3. The molecule has 0 spiro atoms. The lowest BCUT2D eigenvalue weighted by molar-refractivity contribution is 0.0334. The molecular weight excluding hydrogens is 265 g/mol. The van der Waals surface area contributed by atoms with Crippen molar-refractivity contribution in [1.82, 2.24) is 5.32 Å². The SMILES string of the molecule is CNC(c1cc(Cl)sc1Cl)C1CCC(C)O1. The van der Waals surface area contributed by atoms with E-state index in [1.165, 1.54) is 11.3 Å². The fraction of sp³-hybridized carbons (Fsp3) is 0.636. The van der Waals surface area contributed by atoms with E-state index in [1.54, 1.807) is 0 Å². The summed E-state index contributed by atoms with van der Waals surface area (Å²) in [6, 6.07) is 2.07. The van der Waals surface area contributed by atoms with Crippen molar-refractivity contribution < 1.29 is 4.74 Å². The average molecular weight is 280 g/mol. The van der Waals surface area contributed by atoms with Crippen molar-refractivity contribution in [2.24, 2.45) is 0 Å².